The van der Waals surface area contributed by atoms with E-state index in [0.717, 1.165) is 60.1 Å². The minimum atomic E-state index is -0.133. The van der Waals surface area contributed by atoms with Crippen molar-refractivity contribution in [2.24, 2.45) is 0 Å². The summed E-state index contributed by atoms with van der Waals surface area (Å²) in [5, 5.41) is 11.7. The Labute approximate surface area is 252 Å². The molecule has 0 unspecified atom stereocenters. The minimum Gasteiger partial charge on any atom is -0.457 e. The Morgan fingerprint density at radius 2 is 1.70 bits per heavy atom. The van der Waals surface area contributed by atoms with Crippen molar-refractivity contribution in [1.82, 2.24) is 25.4 Å². The monoisotopic (exact) mass is 577 g/mol. The van der Waals surface area contributed by atoms with Crippen LogP contribution >= 0.6 is 0 Å². The third-order valence-corrected chi connectivity index (χ3v) is 8.72. The quantitative estimate of drug-likeness (QED) is 0.268. The molecule has 3 heterocycles. The second kappa shape index (κ2) is 12.9. The van der Waals surface area contributed by atoms with Crippen molar-refractivity contribution in [2.45, 2.75) is 70.9 Å². The average molecular weight is 578 g/mol. The number of ether oxygens (including phenoxy) is 1. The van der Waals surface area contributed by atoms with Gasteiger partial charge in [-0.2, -0.15) is 10.2 Å². The van der Waals surface area contributed by atoms with Crippen LogP contribution in [0.3, 0.4) is 0 Å². The average Bonchev–Trinajstić information content (AvgIpc) is 3.56. The highest BCUT2D eigenvalue weighted by atomic mass is 16.5. The first-order valence-electron chi connectivity index (χ1n) is 15.4. The second-order valence-corrected chi connectivity index (χ2v) is 11.9. The highest BCUT2D eigenvalue weighted by Gasteiger charge is 2.28. The first kappa shape index (κ1) is 28.8. The number of hydrogen-bond donors (Lipinski definition) is 2. The van der Waals surface area contributed by atoms with Gasteiger partial charge in [0.25, 0.3) is 11.5 Å². The molecular formula is C35H39N5O3. The molecule has 1 aliphatic carbocycles. The molecule has 1 saturated carbocycles. The summed E-state index contributed by atoms with van der Waals surface area (Å²) in [4.78, 5) is 31.4. The third-order valence-electron chi connectivity index (χ3n) is 8.72. The number of benzene rings is 2. The molecule has 8 heteroatoms. The summed E-state index contributed by atoms with van der Waals surface area (Å²) in [5.41, 5.74) is 5.43. The van der Waals surface area contributed by atoms with Crippen LogP contribution in [0.2, 0.25) is 0 Å². The zero-order chi connectivity index (χ0) is 29.8. The number of aromatic nitrogens is 3. The van der Waals surface area contributed by atoms with E-state index in [0.29, 0.717) is 29.0 Å². The van der Waals surface area contributed by atoms with Crippen LogP contribution in [0.1, 0.15) is 71.3 Å². The molecule has 2 fully saturated rings. The molecule has 6 rings (SSSR count). The van der Waals surface area contributed by atoms with Crippen LogP contribution in [0.4, 0.5) is 0 Å². The van der Waals surface area contributed by atoms with Crippen LogP contribution in [-0.2, 0) is 6.42 Å². The first-order chi connectivity index (χ1) is 20.9. The van der Waals surface area contributed by atoms with Crippen molar-refractivity contribution in [3.05, 3.63) is 105 Å². The van der Waals surface area contributed by atoms with Crippen LogP contribution in [0, 0.1) is 13.8 Å². The maximum absolute atomic E-state index is 13.4. The lowest BCUT2D eigenvalue weighted by atomic mass is 10.0. The van der Waals surface area contributed by atoms with Gasteiger partial charge in [-0.1, -0.05) is 18.9 Å². The molecule has 1 aliphatic heterocycles. The van der Waals surface area contributed by atoms with Gasteiger partial charge in [0.2, 0.25) is 0 Å². The molecule has 0 spiro atoms. The van der Waals surface area contributed by atoms with Gasteiger partial charge in [-0.15, -0.1) is 0 Å². The smallest absolute Gasteiger partial charge is 0.251 e. The summed E-state index contributed by atoms with van der Waals surface area (Å²) in [6, 6.07) is 19.8. The van der Waals surface area contributed by atoms with Crippen molar-refractivity contribution < 1.29 is 9.53 Å². The molecule has 43 heavy (non-hydrogen) atoms. The van der Waals surface area contributed by atoms with E-state index in [1.165, 1.54) is 25.7 Å². The van der Waals surface area contributed by atoms with Crippen LogP contribution in [0.25, 0.3) is 11.3 Å². The van der Waals surface area contributed by atoms with Crippen LogP contribution in [0.5, 0.6) is 11.5 Å². The lowest BCUT2D eigenvalue weighted by Crippen LogP contribution is -2.47. The Hall–Kier alpha value is -4.30. The number of piperidine rings is 1. The van der Waals surface area contributed by atoms with Gasteiger partial charge in [0.05, 0.1) is 11.4 Å². The fourth-order valence-corrected chi connectivity index (χ4v) is 6.25. The lowest BCUT2D eigenvalue weighted by Gasteiger charge is -2.36. The van der Waals surface area contributed by atoms with E-state index in [1.54, 1.807) is 12.3 Å². The first-order valence-corrected chi connectivity index (χ1v) is 15.4. The van der Waals surface area contributed by atoms with Gasteiger partial charge in [0.1, 0.15) is 11.5 Å². The Morgan fingerprint density at radius 1 is 0.930 bits per heavy atom. The molecule has 0 radical (unpaired) electrons. The molecule has 2 aromatic heterocycles. The largest absolute Gasteiger partial charge is 0.457 e. The normalized spacial score (nSPS) is 16.3. The van der Waals surface area contributed by atoms with Crippen LogP contribution < -0.4 is 15.6 Å². The molecule has 0 bridgehead atoms. The number of rotatable bonds is 8. The van der Waals surface area contributed by atoms with Crippen molar-refractivity contribution in [2.75, 3.05) is 13.1 Å². The number of aryl methyl sites for hydroxylation is 2. The summed E-state index contributed by atoms with van der Waals surface area (Å²) in [7, 11) is 0. The molecule has 8 nitrogen and oxygen atoms in total. The summed E-state index contributed by atoms with van der Waals surface area (Å²) in [5.74, 6) is 1.07. The standard InChI is InChI=1S/C35H39N5O3/c1-23-19-28(34(41)36-22-23)20-26-8-9-27(35(42)37-29-15-17-40(18-16-29)30-5-3-4-6-30)21-33(26)43-31-12-10-25(11-13-31)32-14-7-24(2)38-39-32/h7-14,19,21-22,29-30H,3-6,15-18,20H2,1-2H3,(H,36,41)(H,37,42). The Morgan fingerprint density at radius 3 is 2.42 bits per heavy atom. The molecule has 1 amide bonds. The maximum Gasteiger partial charge on any atom is 0.251 e. The second-order valence-electron chi connectivity index (χ2n) is 11.9. The number of H-pyrrole nitrogens is 1. The molecule has 222 valence electrons. The maximum atomic E-state index is 13.4. The predicted molar refractivity (Wildman–Crippen MR) is 168 cm³/mol. The number of hydrogen-bond acceptors (Lipinski definition) is 6. The highest BCUT2D eigenvalue weighted by Crippen LogP contribution is 2.31. The molecule has 2 aromatic carbocycles. The van der Waals surface area contributed by atoms with Gasteiger partial charge >= 0.3 is 0 Å². The fraction of sp³-hybridized carbons (Fsp3) is 0.371. The summed E-state index contributed by atoms with van der Waals surface area (Å²) < 4.78 is 6.38. The number of likely N-dealkylation sites (tertiary alicyclic amines) is 1. The lowest BCUT2D eigenvalue weighted by molar-refractivity contribution is 0.0892. The van der Waals surface area contributed by atoms with Gasteiger partial charge in [-0.3, -0.25) is 9.59 Å². The van der Waals surface area contributed by atoms with Gasteiger partial charge < -0.3 is 19.9 Å². The highest BCUT2D eigenvalue weighted by molar-refractivity contribution is 5.95. The number of nitrogens with one attached hydrogen (secondary N) is 2. The molecular weight excluding hydrogens is 538 g/mol. The zero-order valence-corrected chi connectivity index (χ0v) is 24.9. The van der Waals surface area contributed by atoms with E-state index in [-0.39, 0.29) is 17.5 Å². The fourth-order valence-electron chi connectivity index (χ4n) is 6.25. The number of nitrogens with zero attached hydrogens (tertiary/aromatic N) is 3. The SMILES string of the molecule is Cc1c[nH]c(=O)c(Cc2ccc(C(=O)NC3CCN(C4CCCC4)CC3)cc2Oc2ccc(-c3ccc(C)nn3)cc2)c1. The predicted octanol–water partition coefficient (Wildman–Crippen LogP) is 5.97. The van der Waals surface area contributed by atoms with Gasteiger partial charge in [0, 0.05) is 54.5 Å². The van der Waals surface area contributed by atoms with Gasteiger partial charge in [-0.05, 0) is 105 Å². The molecule has 4 aromatic rings. The van der Waals surface area contributed by atoms with Crippen molar-refractivity contribution >= 4 is 5.91 Å². The topological polar surface area (TPSA) is 100 Å². The van der Waals surface area contributed by atoms with Crippen LogP contribution in [0.15, 0.2) is 71.7 Å². The molecule has 0 atom stereocenters. The van der Waals surface area contributed by atoms with E-state index in [4.69, 9.17) is 4.74 Å². The number of carbonyl (C=O) groups excluding carboxylic acids is 1. The van der Waals surface area contributed by atoms with E-state index in [1.807, 2.05) is 68.4 Å². The summed E-state index contributed by atoms with van der Waals surface area (Å²) >= 11 is 0. The Balaban J connectivity index is 1.20. The zero-order valence-electron chi connectivity index (χ0n) is 24.9. The van der Waals surface area contributed by atoms with E-state index >= 15 is 0 Å². The summed E-state index contributed by atoms with van der Waals surface area (Å²) in [6.45, 7) is 5.93. The van der Waals surface area contributed by atoms with E-state index < -0.39 is 0 Å². The third kappa shape index (κ3) is 7.03. The molecule has 1 saturated heterocycles. The molecule has 2 N–H and O–H groups in total. The number of amides is 1. The van der Waals surface area contributed by atoms with Crippen molar-refractivity contribution in [1.29, 1.82) is 0 Å². The minimum absolute atomic E-state index is 0.0996. The van der Waals surface area contributed by atoms with E-state index in [2.05, 4.69) is 25.4 Å². The van der Waals surface area contributed by atoms with E-state index in [9.17, 15) is 9.59 Å². The Bertz CT molecular complexity index is 1620. The van der Waals surface area contributed by atoms with Crippen LogP contribution in [-0.4, -0.2) is 51.2 Å². The molecule has 2 aliphatic rings. The summed E-state index contributed by atoms with van der Waals surface area (Å²) in [6.07, 6.45) is 9.32. The van der Waals surface area contributed by atoms with Gasteiger partial charge in [-0.25, -0.2) is 0 Å². The van der Waals surface area contributed by atoms with Gasteiger partial charge in [0.15, 0.2) is 0 Å². The Kier molecular flexibility index (Phi) is 8.65. The number of pyridine rings is 1. The number of carbonyl (C=O) groups is 1. The van der Waals surface area contributed by atoms with Crippen molar-refractivity contribution in [3.8, 4) is 22.8 Å². The number of aromatic amines is 1. The van der Waals surface area contributed by atoms with Crippen molar-refractivity contribution in [3.63, 3.8) is 0 Å².